The van der Waals surface area contributed by atoms with E-state index in [1.165, 1.54) is 13.2 Å². The molecule has 0 aliphatic heterocycles. The van der Waals surface area contributed by atoms with E-state index in [2.05, 4.69) is 0 Å². The van der Waals surface area contributed by atoms with E-state index in [1.807, 2.05) is 0 Å². The summed E-state index contributed by atoms with van der Waals surface area (Å²) in [6.07, 6.45) is 1.79. The van der Waals surface area contributed by atoms with Crippen molar-refractivity contribution in [2.45, 2.75) is 19.3 Å². The molecule has 0 saturated heterocycles. The van der Waals surface area contributed by atoms with E-state index in [1.54, 1.807) is 12.1 Å². The molecule has 1 aromatic carbocycles. The number of methoxy groups -OCH3 is 1. The van der Waals surface area contributed by atoms with E-state index >= 15 is 0 Å². The molecular formula is C14H18FNO3. The predicted octanol–water partition coefficient (Wildman–Crippen LogP) is 1.82. The van der Waals surface area contributed by atoms with Gasteiger partial charge < -0.3 is 15.6 Å². The molecule has 1 aliphatic carbocycles. The van der Waals surface area contributed by atoms with Gasteiger partial charge in [0.2, 0.25) is 0 Å². The third-order valence-electron chi connectivity index (χ3n) is 3.92. The topological polar surface area (TPSA) is 72.5 Å². The van der Waals surface area contributed by atoms with Crippen LogP contribution in [0, 0.1) is 17.2 Å². The zero-order chi connectivity index (χ0) is 14.0. The van der Waals surface area contributed by atoms with Gasteiger partial charge in [-0.05, 0) is 36.8 Å². The Morgan fingerprint density at radius 1 is 1.58 bits per heavy atom. The lowest BCUT2D eigenvalue weighted by Crippen LogP contribution is -2.42. The molecule has 1 atom stereocenters. The molecule has 1 saturated carbocycles. The van der Waals surface area contributed by atoms with E-state index < -0.39 is 17.2 Å². The number of rotatable bonds is 6. The summed E-state index contributed by atoms with van der Waals surface area (Å²) in [4.78, 5) is 11.6. The van der Waals surface area contributed by atoms with Gasteiger partial charge in [-0.15, -0.1) is 0 Å². The van der Waals surface area contributed by atoms with Crippen molar-refractivity contribution in [2.24, 2.45) is 17.1 Å². The fourth-order valence-electron chi connectivity index (χ4n) is 2.55. The molecule has 1 fully saturated rings. The van der Waals surface area contributed by atoms with E-state index in [9.17, 15) is 14.3 Å². The standard InChI is InChI=1S/C14H18FNO3/c1-19-11-4-2-3-9(12(11)15)7-14(8-16,13(17)18)10-5-6-10/h2-4,10H,5-8,16H2,1H3,(H,17,18). The van der Waals surface area contributed by atoms with Crippen molar-refractivity contribution >= 4 is 5.97 Å². The first kappa shape index (κ1) is 13.8. The number of halogens is 1. The maximum atomic E-state index is 14.1. The molecule has 0 aromatic heterocycles. The summed E-state index contributed by atoms with van der Waals surface area (Å²) in [5.41, 5.74) is 4.97. The van der Waals surface area contributed by atoms with Gasteiger partial charge in [-0.1, -0.05) is 12.1 Å². The van der Waals surface area contributed by atoms with Gasteiger partial charge in [0.1, 0.15) is 0 Å². The van der Waals surface area contributed by atoms with Crippen LogP contribution in [0.4, 0.5) is 4.39 Å². The van der Waals surface area contributed by atoms with Gasteiger partial charge in [0, 0.05) is 6.54 Å². The first-order valence-electron chi connectivity index (χ1n) is 6.30. The molecule has 0 radical (unpaired) electrons. The van der Waals surface area contributed by atoms with Gasteiger partial charge in [-0.3, -0.25) is 4.79 Å². The Morgan fingerprint density at radius 2 is 2.26 bits per heavy atom. The summed E-state index contributed by atoms with van der Waals surface area (Å²) in [6, 6.07) is 4.77. The molecule has 5 heteroatoms. The molecule has 1 aliphatic rings. The van der Waals surface area contributed by atoms with E-state index in [0.717, 1.165) is 12.8 Å². The second kappa shape index (κ2) is 5.17. The Labute approximate surface area is 111 Å². The molecule has 104 valence electrons. The number of carboxylic acid groups (broad SMARTS) is 1. The first-order chi connectivity index (χ1) is 9.05. The van der Waals surface area contributed by atoms with Crippen LogP contribution in [0.25, 0.3) is 0 Å². The average Bonchev–Trinajstić information content (AvgIpc) is 3.22. The van der Waals surface area contributed by atoms with Crippen molar-refractivity contribution in [3.8, 4) is 5.75 Å². The van der Waals surface area contributed by atoms with E-state index in [0.29, 0.717) is 5.56 Å². The van der Waals surface area contributed by atoms with Gasteiger partial charge >= 0.3 is 5.97 Å². The zero-order valence-corrected chi connectivity index (χ0v) is 10.9. The van der Waals surface area contributed by atoms with Gasteiger partial charge in [0.15, 0.2) is 11.6 Å². The monoisotopic (exact) mass is 267 g/mol. The fraction of sp³-hybridized carbons (Fsp3) is 0.500. The molecule has 3 N–H and O–H groups in total. The van der Waals surface area contributed by atoms with Crippen LogP contribution in [0.1, 0.15) is 18.4 Å². The van der Waals surface area contributed by atoms with E-state index in [4.69, 9.17) is 10.5 Å². The Kier molecular flexibility index (Phi) is 3.75. The number of carbonyl (C=O) groups is 1. The largest absolute Gasteiger partial charge is 0.494 e. The lowest BCUT2D eigenvalue weighted by Gasteiger charge is -2.28. The minimum Gasteiger partial charge on any atom is -0.494 e. The van der Waals surface area contributed by atoms with Crippen molar-refractivity contribution in [3.05, 3.63) is 29.6 Å². The number of carboxylic acids is 1. The van der Waals surface area contributed by atoms with Gasteiger partial charge in [0.05, 0.1) is 12.5 Å². The van der Waals surface area contributed by atoms with Crippen LogP contribution in [0.5, 0.6) is 5.75 Å². The first-order valence-corrected chi connectivity index (χ1v) is 6.30. The zero-order valence-electron chi connectivity index (χ0n) is 10.9. The SMILES string of the molecule is COc1cccc(CC(CN)(C(=O)O)C2CC2)c1F. The number of ether oxygens (including phenoxy) is 1. The number of benzene rings is 1. The fourth-order valence-corrected chi connectivity index (χ4v) is 2.55. The minimum absolute atomic E-state index is 0.0175. The van der Waals surface area contributed by atoms with E-state index in [-0.39, 0.29) is 24.6 Å². The highest BCUT2D eigenvalue weighted by molar-refractivity contribution is 5.76. The average molecular weight is 267 g/mol. The summed E-state index contributed by atoms with van der Waals surface area (Å²) < 4.78 is 19.0. The second-order valence-electron chi connectivity index (χ2n) is 5.05. The highest BCUT2D eigenvalue weighted by atomic mass is 19.1. The van der Waals surface area contributed by atoms with Crippen LogP contribution in [-0.2, 0) is 11.2 Å². The molecule has 1 aromatic rings. The number of hydrogen-bond donors (Lipinski definition) is 2. The molecule has 0 bridgehead atoms. The predicted molar refractivity (Wildman–Crippen MR) is 68.5 cm³/mol. The maximum Gasteiger partial charge on any atom is 0.311 e. The number of aliphatic carboxylic acids is 1. The highest BCUT2D eigenvalue weighted by Gasteiger charge is 2.50. The summed E-state index contributed by atoms with van der Waals surface area (Å²) in [5, 5.41) is 9.48. The Balaban J connectivity index is 2.34. The van der Waals surface area contributed by atoms with Crippen LogP contribution in [0.15, 0.2) is 18.2 Å². The Morgan fingerprint density at radius 3 is 2.74 bits per heavy atom. The molecule has 1 unspecified atom stereocenters. The molecule has 19 heavy (non-hydrogen) atoms. The summed E-state index contributed by atoms with van der Waals surface area (Å²) in [6.45, 7) is 0.0175. The molecule has 0 heterocycles. The number of nitrogens with two attached hydrogens (primary N) is 1. The van der Waals surface area contributed by atoms with Crippen LogP contribution in [0.3, 0.4) is 0 Å². The van der Waals surface area contributed by atoms with Crippen molar-refractivity contribution in [1.82, 2.24) is 0 Å². The van der Waals surface area contributed by atoms with Gasteiger partial charge in [0.25, 0.3) is 0 Å². The second-order valence-corrected chi connectivity index (χ2v) is 5.05. The molecule has 0 amide bonds. The molecule has 0 spiro atoms. The lowest BCUT2D eigenvalue weighted by molar-refractivity contribution is -0.149. The Hall–Kier alpha value is -1.62. The van der Waals surface area contributed by atoms with Gasteiger partial charge in [-0.2, -0.15) is 0 Å². The third kappa shape index (κ3) is 2.42. The minimum atomic E-state index is -1.06. The van der Waals surface area contributed by atoms with Crippen molar-refractivity contribution < 1.29 is 19.0 Å². The van der Waals surface area contributed by atoms with Crippen LogP contribution >= 0.6 is 0 Å². The third-order valence-corrected chi connectivity index (χ3v) is 3.92. The van der Waals surface area contributed by atoms with Crippen molar-refractivity contribution in [2.75, 3.05) is 13.7 Å². The van der Waals surface area contributed by atoms with Crippen LogP contribution < -0.4 is 10.5 Å². The summed E-state index contributed by atoms with van der Waals surface area (Å²) in [5.74, 6) is -1.27. The maximum absolute atomic E-state index is 14.1. The lowest BCUT2D eigenvalue weighted by atomic mass is 9.77. The number of hydrogen-bond acceptors (Lipinski definition) is 3. The molecule has 2 rings (SSSR count). The molecule has 4 nitrogen and oxygen atoms in total. The van der Waals surface area contributed by atoms with Crippen molar-refractivity contribution in [1.29, 1.82) is 0 Å². The van der Waals surface area contributed by atoms with Crippen LogP contribution in [-0.4, -0.2) is 24.7 Å². The summed E-state index contributed by atoms with van der Waals surface area (Å²) in [7, 11) is 1.39. The highest BCUT2D eigenvalue weighted by Crippen LogP contribution is 2.47. The molecular weight excluding hydrogens is 249 g/mol. The summed E-state index contributed by atoms with van der Waals surface area (Å²) >= 11 is 0. The van der Waals surface area contributed by atoms with Gasteiger partial charge in [-0.25, -0.2) is 4.39 Å². The van der Waals surface area contributed by atoms with Crippen LogP contribution in [0.2, 0.25) is 0 Å². The normalized spacial score (nSPS) is 17.8. The smallest absolute Gasteiger partial charge is 0.311 e. The van der Waals surface area contributed by atoms with Crippen molar-refractivity contribution in [3.63, 3.8) is 0 Å². The quantitative estimate of drug-likeness (QED) is 0.824. The Bertz CT molecular complexity index is 488.